The molecular weight excluding hydrogens is 795 g/mol. The molecule has 0 amide bonds. The predicted molar refractivity (Wildman–Crippen MR) is 281 cm³/mol. The van der Waals surface area contributed by atoms with Gasteiger partial charge in [0.25, 0.3) is 0 Å². The minimum atomic E-state index is -0.0672. The second-order valence-corrected chi connectivity index (χ2v) is 18.1. The normalized spacial score (nSPS) is 12.5. The fourth-order valence-electron chi connectivity index (χ4n) is 10.5. The smallest absolute Gasteiger partial charge is 0.0546 e. The van der Waals surface area contributed by atoms with Gasteiger partial charge in [0.15, 0.2) is 0 Å². The van der Waals surface area contributed by atoms with Crippen molar-refractivity contribution >= 4 is 38.6 Å². The fraction of sp³-hybridized carbons (Fsp3) is 0.0462. The Kier molecular flexibility index (Phi) is 9.58. The van der Waals surface area contributed by atoms with Crippen LogP contribution in [0.5, 0.6) is 0 Å². The Bertz CT molecular complexity index is 3580. The van der Waals surface area contributed by atoms with E-state index in [2.05, 4.69) is 267 Å². The van der Waals surface area contributed by atoms with Crippen molar-refractivity contribution in [2.24, 2.45) is 0 Å². The monoisotopic (exact) mass is 841 g/mol. The van der Waals surface area contributed by atoms with E-state index in [0.29, 0.717) is 0 Å². The summed E-state index contributed by atoms with van der Waals surface area (Å²) < 4.78 is 0. The van der Waals surface area contributed by atoms with Crippen LogP contribution in [0.15, 0.2) is 249 Å². The molecule has 0 N–H and O–H groups in total. The molecule has 11 aromatic rings. The molecule has 0 aliphatic heterocycles. The van der Waals surface area contributed by atoms with E-state index >= 15 is 0 Å². The SMILES string of the molecule is CC1(C)c2ccccc2-c2ccc(-c3ccc(N(c4ccc(-c5ccc6c(ccc7ccccc76)c5)cc4)c4cccc(-c5ccccc5)c4-c4ccccc4-c4ccccc4)cc3)cc21. The summed E-state index contributed by atoms with van der Waals surface area (Å²) in [5.41, 5.74) is 20.6. The van der Waals surface area contributed by atoms with Crippen LogP contribution >= 0.6 is 0 Å². The molecule has 0 atom stereocenters. The van der Waals surface area contributed by atoms with Crippen LogP contribution in [0.25, 0.3) is 88.3 Å². The zero-order chi connectivity index (χ0) is 44.2. The standard InChI is InChI=1S/C65H47N/c1-65(2)61-26-14-13-23-58(61)59-41-35-50(43-62(59)65)45-32-38-53(39-33-45)66(52-36-30-44(31-37-52)49-34-40-56-51(42-49)29-28-48-20-9-10-21-54(48)56)63-27-15-25-57(47-18-7-4-8-19-47)64(63)60-24-12-11-22-55(60)46-16-5-3-6-17-46/h3-43H,1-2H3. The zero-order valence-electron chi connectivity index (χ0n) is 37.1. The Morgan fingerprint density at radius 1 is 0.288 bits per heavy atom. The minimum absolute atomic E-state index is 0.0672. The van der Waals surface area contributed by atoms with Crippen LogP contribution < -0.4 is 4.90 Å². The average Bonchev–Trinajstić information content (AvgIpc) is 3.62. The molecule has 1 nitrogen and oxygen atoms in total. The minimum Gasteiger partial charge on any atom is -0.310 e. The lowest BCUT2D eigenvalue weighted by Crippen LogP contribution is -2.14. The third kappa shape index (κ3) is 6.71. The molecule has 1 aliphatic rings. The number of nitrogens with zero attached hydrogens (tertiary/aromatic N) is 1. The Hall–Kier alpha value is -8.26. The lowest BCUT2D eigenvalue weighted by molar-refractivity contribution is 0.660. The van der Waals surface area contributed by atoms with Gasteiger partial charge in [0.2, 0.25) is 0 Å². The van der Waals surface area contributed by atoms with Gasteiger partial charge in [0.05, 0.1) is 5.69 Å². The van der Waals surface area contributed by atoms with Crippen molar-refractivity contribution in [2.75, 3.05) is 4.90 Å². The summed E-state index contributed by atoms with van der Waals surface area (Å²) in [6.07, 6.45) is 0. The number of anilines is 3. The summed E-state index contributed by atoms with van der Waals surface area (Å²) in [6, 6.07) is 91.5. The van der Waals surface area contributed by atoms with Crippen molar-refractivity contribution < 1.29 is 0 Å². The van der Waals surface area contributed by atoms with Crippen molar-refractivity contribution in [3.63, 3.8) is 0 Å². The average molecular weight is 842 g/mol. The molecule has 0 spiro atoms. The van der Waals surface area contributed by atoms with Crippen LogP contribution in [0.1, 0.15) is 25.0 Å². The second-order valence-electron chi connectivity index (χ2n) is 18.1. The van der Waals surface area contributed by atoms with Crippen LogP contribution in [0.3, 0.4) is 0 Å². The van der Waals surface area contributed by atoms with Gasteiger partial charge < -0.3 is 4.90 Å². The zero-order valence-corrected chi connectivity index (χ0v) is 37.1. The van der Waals surface area contributed by atoms with Crippen LogP contribution in [0.2, 0.25) is 0 Å². The van der Waals surface area contributed by atoms with Crippen molar-refractivity contribution in [1.29, 1.82) is 0 Å². The Morgan fingerprint density at radius 3 is 1.50 bits per heavy atom. The van der Waals surface area contributed by atoms with E-state index in [1.54, 1.807) is 0 Å². The van der Waals surface area contributed by atoms with E-state index in [1.807, 2.05) is 0 Å². The highest BCUT2D eigenvalue weighted by Crippen LogP contribution is 2.51. The number of hydrogen-bond donors (Lipinski definition) is 0. The summed E-state index contributed by atoms with van der Waals surface area (Å²) in [4.78, 5) is 2.45. The molecule has 0 heterocycles. The van der Waals surface area contributed by atoms with Crippen LogP contribution in [0, 0.1) is 0 Å². The molecular formula is C65H47N. The van der Waals surface area contributed by atoms with Crippen LogP contribution in [-0.2, 0) is 5.41 Å². The molecule has 66 heavy (non-hydrogen) atoms. The van der Waals surface area contributed by atoms with E-state index in [4.69, 9.17) is 0 Å². The summed E-state index contributed by atoms with van der Waals surface area (Å²) in [7, 11) is 0. The Morgan fingerprint density at radius 2 is 0.788 bits per heavy atom. The molecule has 0 aromatic heterocycles. The first-order valence-electron chi connectivity index (χ1n) is 23.0. The van der Waals surface area contributed by atoms with Gasteiger partial charge in [-0.3, -0.25) is 0 Å². The van der Waals surface area contributed by atoms with Crippen LogP contribution in [-0.4, -0.2) is 0 Å². The first-order chi connectivity index (χ1) is 32.5. The number of hydrogen-bond acceptors (Lipinski definition) is 1. The molecule has 0 radical (unpaired) electrons. The van der Waals surface area contributed by atoms with Gasteiger partial charge in [-0.05, 0) is 136 Å². The second kappa shape index (κ2) is 16.1. The molecule has 12 rings (SSSR count). The van der Waals surface area contributed by atoms with Gasteiger partial charge in [-0.15, -0.1) is 0 Å². The molecule has 0 saturated heterocycles. The van der Waals surface area contributed by atoms with Gasteiger partial charge >= 0.3 is 0 Å². The summed E-state index contributed by atoms with van der Waals surface area (Å²) in [6.45, 7) is 4.71. The van der Waals surface area contributed by atoms with Gasteiger partial charge in [0.1, 0.15) is 0 Å². The molecule has 0 saturated carbocycles. The van der Waals surface area contributed by atoms with Crippen molar-refractivity contribution in [3.8, 4) is 66.8 Å². The quantitative estimate of drug-likeness (QED) is 0.138. The van der Waals surface area contributed by atoms with E-state index in [1.165, 1.54) is 99.4 Å². The first kappa shape index (κ1) is 39.3. The molecule has 0 bridgehead atoms. The molecule has 0 unspecified atom stereocenters. The number of fused-ring (bicyclic) bond motifs is 6. The summed E-state index contributed by atoms with van der Waals surface area (Å²) >= 11 is 0. The van der Waals surface area contributed by atoms with Crippen molar-refractivity contribution in [3.05, 3.63) is 260 Å². The summed E-state index contributed by atoms with van der Waals surface area (Å²) in [5, 5.41) is 5.07. The van der Waals surface area contributed by atoms with Gasteiger partial charge in [-0.25, -0.2) is 0 Å². The third-order valence-electron chi connectivity index (χ3n) is 13.9. The topological polar surface area (TPSA) is 3.24 Å². The maximum Gasteiger partial charge on any atom is 0.0546 e. The predicted octanol–water partition coefficient (Wildman–Crippen LogP) is 18.1. The molecule has 11 aromatic carbocycles. The van der Waals surface area contributed by atoms with Gasteiger partial charge in [-0.2, -0.15) is 0 Å². The number of rotatable bonds is 8. The Labute approximate surface area is 387 Å². The lowest BCUT2D eigenvalue weighted by Gasteiger charge is -2.30. The largest absolute Gasteiger partial charge is 0.310 e. The lowest BCUT2D eigenvalue weighted by atomic mass is 9.81. The highest BCUT2D eigenvalue weighted by molar-refractivity contribution is 6.08. The third-order valence-corrected chi connectivity index (χ3v) is 13.9. The maximum absolute atomic E-state index is 2.45. The van der Waals surface area contributed by atoms with E-state index in [9.17, 15) is 0 Å². The number of benzene rings is 11. The molecule has 1 heteroatoms. The highest BCUT2D eigenvalue weighted by atomic mass is 15.1. The van der Waals surface area contributed by atoms with Gasteiger partial charge in [0, 0.05) is 22.4 Å². The van der Waals surface area contributed by atoms with E-state index in [-0.39, 0.29) is 5.41 Å². The Balaban J connectivity index is 1.02. The fourth-order valence-corrected chi connectivity index (χ4v) is 10.5. The van der Waals surface area contributed by atoms with Gasteiger partial charge in [-0.1, -0.05) is 220 Å². The molecule has 312 valence electrons. The maximum atomic E-state index is 2.45. The van der Waals surface area contributed by atoms with Crippen LogP contribution in [0.4, 0.5) is 17.1 Å². The van der Waals surface area contributed by atoms with Crippen molar-refractivity contribution in [2.45, 2.75) is 19.3 Å². The molecule has 0 fully saturated rings. The summed E-state index contributed by atoms with van der Waals surface area (Å²) in [5.74, 6) is 0. The first-order valence-corrected chi connectivity index (χ1v) is 23.0. The van der Waals surface area contributed by atoms with E-state index < -0.39 is 0 Å². The van der Waals surface area contributed by atoms with Crippen molar-refractivity contribution in [1.82, 2.24) is 0 Å². The molecule has 1 aliphatic carbocycles. The van der Waals surface area contributed by atoms with E-state index in [0.717, 1.165) is 17.1 Å². The highest BCUT2D eigenvalue weighted by Gasteiger charge is 2.35.